The molecule has 0 saturated heterocycles. The van der Waals surface area contributed by atoms with E-state index >= 15 is 0 Å². The summed E-state index contributed by atoms with van der Waals surface area (Å²) in [6.07, 6.45) is 2.48. The Kier molecular flexibility index (Phi) is 4.15. The van der Waals surface area contributed by atoms with Gasteiger partial charge in [0, 0.05) is 12.6 Å². The Balaban J connectivity index is 3.05. The van der Waals surface area contributed by atoms with Crippen LogP contribution in [-0.2, 0) is 0 Å². The third-order valence-corrected chi connectivity index (χ3v) is 2.48. The van der Waals surface area contributed by atoms with Crippen LogP contribution in [0.3, 0.4) is 0 Å². The molecule has 0 aliphatic carbocycles. The summed E-state index contributed by atoms with van der Waals surface area (Å²) < 4.78 is 0. The number of hydrogen-bond donors (Lipinski definition) is 1. The van der Waals surface area contributed by atoms with Crippen molar-refractivity contribution in [2.75, 3.05) is 17.2 Å². The fourth-order valence-corrected chi connectivity index (χ4v) is 1.57. The molecule has 1 heterocycles. The predicted octanol–water partition coefficient (Wildman–Crippen LogP) is 2.34. The van der Waals surface area contributed by atoms with Crippen molar-refractivity contribution >= 4 is 23.1 Å². The normalized spacial score (nSPS) is 10.7. The van der Waals surface area contributed by atoms with Crippen LogP contribution in [0.25, 0.3) is 0 Å². The van der Waals surface area contributed by atoms with Gasteiger partial charge < -0.3 is 10.6 Å². The Hall–Kier alpha value is -1.03. The highest BCUT2D eigenvalue weighted by Crippen LogP contribution is 2.26. The SMILES string of the molecule is CCCN(c1ncnc(Cl)c1N)C(C)C. The van der Waals surface area contributed by atoms with E-state index < -0.39 is 0 Å². The van der Waals surface area contributed by atoms with E-state index in [0.29, 0.717) is 16.9 Å². The Bertz CT molecular complexity index is 327. The minimum absolute atomic E-state index is 0.321. The van der Waals surface area contributed by atoms with Gasteiger partial charge in [0.2, 0.25) is 0 Å². The molecule has 0 bridgehead atoms. The largest absolute Gasteiger partial charge is 0.393 e. The molecule has 0 aromatic carbocycles. The molecule has 0 radical (unpaired) electrons. The van der Waals surface area contributed by atoms with Gasteiger partial charge in [-0.05, 0) is 20.3 Å². The van der Waals surface area contributed by atoms with Gasteiger partial charge >= 0.3 is 0 Å². The van der Waals surface area contributed by atoms with Crippen LogP contribution in [0, 0.1) is 0 Å². The van der Waals surface area contributed by atoms with Gasteiger partial charge in [-0.25, -0.2) is 9.97 Å². The van der Waals surface area contributed by atoms with E-state index in [2.05, 4.69) is 35.6 Å². The van der Waals surface area contributed by atoms with Crippen LogP contribution in [0.15, 0.2) is 6.33 Å². The zero-order valence-electron chi connectivity index (χ0n) is 9.37. The lowest BCUT2D eigenvalue weighted by Gasteiger charge is -2.28. The van der Waals surface area contributed by atoms with Crippen molar-refractivity contribution in [3.63, 3.8) is 0 Å². The Morgan fingerprint density at radius 3 is 2.67 bits per heavy atom. The molecule has 0 aliphatic rings. The molecule has 0 fully saturated rings. The van der Waals surface area contributed by atoms with Crippen molar-refractivity contribution in [2.45, 2.75) is 33.2 Å². The molecular formula is C10H17ClN4. The first kappa shape index (κ1) is 12.0. The first-order valence-corrected chi connectivity index (χ1v) is 5.48. The lowest BCUT2D eigenvalue weighted by molar-refractivity contribution is 0.662. The van der Waals surface area contributed by atoms with Gasteiger partial charge in [-0.15, -0.1) is 0 Å². The van der Waals surface area contributed by atoms with Gasteiger partial charge in [-0.3, -0.25) is 0 Å². The van der Waals surface area contributed by atoms with Crippen LogP contribution in [0.4, 0.5) is 11.5 Å². The van der Waals surface area contributed by atoms with E-state index in [4.69, 9.17) is 17.3 Å². The quantitative estimate of drug-likeness (QED) is 0.804. The average Bonchev–Trinajstić information content (AvgIpc) is 2.19. The lowest BCUT2D eigenvalue weighted by Crippen LogP contribution is -2.33. The number of nitrogen functional groups attached to an aromatic ring is 1. The summed E-state index contributed by atoms with van der Waals surface area (Å²) in [7, 11) is 0. The zero-order chi connectivity index (χ0) is 11.4. The monoisotopic (exact) mass is 228 g/mol. The van der Waals surface area contributed by atoms with E-state index in [1.54, 1.807) is 0 Å². The highest BCUT2D eigenvalue weighted by atomic mass is 35.5. The number of anilines is 2. The van der Waals surface area contributed by atoms with Crippen molar-refractivity contribution in [1.29, 1.82) is 0 Å². The van der Waals surface area contributed by atoms with Crippen LogP contribution in [-0.4, -0.2) is 22.6 Å². The van der Waals surface area contributed by atoms with Crippen LogP contribution in [0.2, 0.25) is 5.15 Å². The molecule has 1 aromatic rings. The smallest absolute Gasteiger partial charge is 0.157 e. The van der Waals surface area contributed by atoms with Crippen LogP contribution in [0.1, 0.15) is 27.2 Å². The summed E-state index contributed by atoms with van der Waals surface area (Å²) in [6.45, 7) is 7.24. The van der Waals surface area contributed by atoms with Gasteiger partial charge in [0.05, 0.1) is 0 Å². The van der Waals surface area contributed by atoms with E-state index in [1.807, 2.05) is 0 Å². The number of hydrogen-bond acceptors (Lipinski definition) is 4. The second-order valence-electron chi connectivity index (χ2n) is 3.69. The Labute approximate surface area is 95.5 Å². The summed E-state index contributed by atoms with van der Waals surface area (Å²) >= 11 is 5.86. The molecule has 1 aromatic heterocycles. The van der Waals surface area contributed by atoms with E-state index in [0.717, 1.165) is 18.8 Å². The molecule has 2 N–H and O–H groups in total. The highest BCUT2D eigenvalue weighted by Gasteiger charge is 2.15. The van der Waals surface area contributed by atoms with Gasteiger partial charge in [-0.1, -0.05) is 18.5 Å². The molecule has 15 heavy (non-hydrogen) atoms. The number of nitrogens with two attached hydrogens (primary N) is 1. The molecule has 4 nitrogen and oxygen atoms in total. The molecule has 0 atom stereocenters. The number of halogens is 1. The topological polar surface area (TPSA) is 55.0 Å². The van der Waals surface area contributed by atoms with Gasteiger partial charge in [-0.2, -0.15) is 0 Å². The minimum Gasteiger partial charge on any atom is -0.393 e. The van der Waals surface area contributed by atoms with Crippen molar-refractivity contribution in [3.05, 3.63) is 11.5 Å². The molecule has 0 unspecified atom stereocenters. The van der Waals surface area contributed by atoms with E-state index in [-0.39, 0.29) is 0 Å². The van der Waals surface area contributed by atoms with Crippen molar-refractivity contribution in [3.8, 4) is 0 Å². The van der Waals surface area contributed by atoms with Crippen molar-refractivity contribution < 1.29 is 0 Å². The van der Waals surface area contributed by atoms with Crippen molar-refractivity contribution in [1.82, 2.24) is 9.97 Å². The van der Waals surface area contributed by atoms with Crippen LogP contribution < -0.4 is 10.6 Å². The summed E-state index contributed by atoms with van der Waals surface area (Å²) in [5, 5.41) is 0.321. The number of aromatic nitrogens is 2. The zero-order valence-corrected chi connectivity index (χ0v) is 10.1. The minimum atomic E-state index is 0.321. The third-order valence-electron chi connectivity index (χ3n) is 2.17. The number of rotatable bonds is 4. The summed E-state index contributed by atoms with van der Waals surface area (Å²) in [5.74, 6) is 0.729. The standard InChI is InChI=1S/C10H17ClN4/c1-4-5-15(7(2)3)10-8(12)9(11)13-6-14-10/h6-7H,4-5,12H2,1-3H3. The fraction of sp³-hybridized carbons (Fsp3) is 0.600. The highest BCUT2D eigenvalue weighted by molar-refractivity contribution is 6.32. The second kappa shape index (κ2) is 5.16. The third kappa shape index (κ3) is 2.72. The average molecular weight is 229 g/mol. The molecule has 1 rings (SSSR count). The lowest BCUT2D eigenvalue weighted by atomic mass is 10.2. The van der Waals surface area contributed by atoms with E-state index in [1.165, 1.54) is 6.33 Å². The first-order chi connectivity index (χ1) is 7.07. The number of nitrogens with zero attached hydrogens (tertiary/aromatic N) is 3. The van der Waals surface area contributed by atoms with Gasteiger partial charge in [0.1, 0.15) is 12.0 Å². The van der Waals surface area contributed by atoms with Crippen LogP contribution >= 0.6 is 11.6 Å². The molecule has 0 saturated carbocycles. The predicted molar refractivity (Wildman–Crippen MR) is 64.2 cm³/mol. The maximum Gasteiger partial charge on any atom is 0.157 e. The second-order valence-corrected chi connectivity index (χ2v) is 4.05. The fourth-order valence-electron chi connectivity index (χ4n) is 1.44. The molecule has 0 amide bonds. The van der Waals surface area contributed by atoms with E-state index in [9.17, 15) is 0 Å². The van der Waals surface area contributed by atoms with Crippen molar-refractivity contribution in [2.24, 2.45) is 0 Å². The molecule has 84 valence electrons. The Morgan fingerprint density at radius 2 is 2.13 bits per heavy atom. The first-order valence-electron chi connectivity index (χ1n) is 5.10. The summed E-state index contributed by atoms with van der Waals surface area (Å²) in [6, 6.07) is 0.346. The summed E-state index contributed by atoms with van der Waals surface area (Å²) in [5.41, 5.74) is 6.31. The van der Waals surface area contributed by atoms with Gasteiger partial charge in [0.25, 0.3) is 0 Å². The van der Waals surface area contributed by atoms with Gasteiger partial charge in [0.15, 0.2) is 11.0 Å². The maximum atomic E-state index is 5.86. The maximum absolute atomic E-state index is 5.86. The molecule has 0 spiro atoms. The Morgan fingerprint density at radius 1 is 1.47 bits per heavy atom. The molecular weight excluding hydrogens is 212 g/mol. The van der Waals surface area contributed by atoms with Crippen LogP contribution in [0.5, 0.6) is 0 Å². The molecule has 5 heteroatoms. The molecule has 0 aliphatic heterocycles. The summed E-state index contributed by atoms with van der Waals surface area (Å²) in [4.78, 5) is 10.2.